The summed E-state index contributed by atoms with van der Waals surface area (Å²) in [5.41, 5.74) is 0. The van der Waals surface area contributed by atoms with Gasteiger partial charge < -0.3 is 10.4 Å². The molecule has 3 heteroatoms. The molecule has 2 atom stereocenters. The molecule has 1 heterocycles. The highest BCUT2D eigenvalue weighted by Gasteiger charge is 2.29. The van der Waals surface area contributed by atoms with Crippen LogP contribution in [0, 0.1) is 11.8 Å². The van der Waals surface area contributed by atoms with Crippen LogP contribution in [0.25, 0.3) is 0 Å². The number of hydrogen-bond acceptors (Lipinski definition) is 2. The van der Waals surface area contributed by atoms with Gasteiger partial charge >= 0.3 is 0 Å². The molecule has 1 rings (SSSR count). The molecule has 0 radical (unpaired) electrons. The Balaban J connectivity index is 2.43. The smallest absolute Gasteiger partial charge is 0.220 e. The molecule has 0 aliphatic carbocycles. The van der Waals surface area contributed by atoms with E-state index < -0.39 is 0 Å². The van der Waals surface area contributed by atoms with Crippen molar-refractivity contribution in [2.75, 3.05) is 6.54 Å². The van der Waals surface area contributed by atoms with Crippen LogP contribution >= 0.6 is 0 Å². The molecule has 1 unspecified atom stereocenters. The minimum absolute atomic E-state index is 0.0645. The first-order valence-electron chi connectivity index (χ1n) is 4.06. The fourth-order valence-corrected chi connectivity index (χ4v) is 1.41. The largest absolute Gasteiger partial charge is 0.392 e. The molecule has 0 aromatic rings. The number of aliphatic hydroxyl groups excluding tert-OH is 1. The maximum absolute atomic E-state index is 10.8. The predicted octanol–water partition coefficient (Wildman–Crippen LogP) is 0.139. The quantitative estimate of drug-likeness (QED) is 0.599. The highest BCUT2D eigenvalue weighted by Crippen LogP contribution is 2.19. The number of hydrogen-bond donors (Lipinski definition) is 2. The lowest BCUT2D eigenvalue weighted by Crippen LogP contribution is -2.27. The molecule has 1 amide bonds. The number of amides is 1. The average molecular weight is 157 g/mol. The third-order valence-corrected chi connectivity index (χ3v) is 2.18. The maximum Gasteiger partial charge on any atom is 0.220 e. The number of nitrogens with one attached hydrogen (secondary N) is 1. The maximum atomic E-state index is 10.8. The summed E-state index contributed by atoms with van der Waals surface area (Å²) in [5, 5.41) is 12.3. The summed E-state index contributed by atoms with van der Waals surface area (Å²) in [6.45, 7) is 4.57. The molecule has 64 valence electrons. The van der Waals surface area contributed by atoms with E-state index in [1.807, 2.05) is 13.8 Å². The minimum atomic E-state index is -0.339. The van der Waals surface area contributed by atoms with Gasteiger partial charge in [-0.15, -0.1) is 0 Å². The monoisotopic (exact) mass is 157 g/mol. The number of carbonyl (C=O) groups excluding carboxylic acids is 1. The van der Waals surface area contributed by atoms with Crippen LogP contribution < -0.4 is 5.32 Å². The van der Waals surface area contributed by atoms with Crippen LogP contribution in [0.3, 0.4) is 0 Å². The van der Waals surface area contributed by atoms with E-state index in [2.05, 4.69) is 5.32 Å². The first-order chi connectivity index (χ1) is 5.11. The first-order valence-corrected chi connectivity index (χ1v) is 4.06. The van der Waals surface area contributed by atoms with Gasteiger partial charge in [0.15, 0.2) is 0 Å². The zero-order valence-corrected chi connectivity index (χ0v) is 7.00. The highest BCUT2D eigenvalue weighted by molar-refractivity contribution is 5.78. The summed E-state index contributed by atoms with van der Waals surface area (Å²) in [4.78, 5) is 10.8. The second-order valence-electron chi connectivity index (χ2n) is 3.50. The van der Waals surface area contributed by atoms with Crippen molar-refractivity contribution in [2.24, 2.45) is 11.8 Å². The average Bonchev–Trinajstić information content (AvgIpc) is 2.34. The minimum Gasteiger partial charge on any atom is -0.392 e. The molecule has 0 spiro atoms. The molecule has 0 aromatic heterocycles. The van der Waals surface area contributed by atoms with Crippen LogP contribution in [0.15, 0.2) is 0 Å². The Morgan fingerprint density at radius 3 is 2.64 bits per heavy atom. The van der Waals surface area contributed by atoms with Gasteiger partial charge in [-0.2, -0.15) is 0 Å². The van der Waals surface area contributed by atoms with Crippen molar-refractivity contribution in [1.82, 2.24) is 5.32 Å². The molecule has 3 nitrogen and oxygen atoms in total. The summed E-state index contributed by atoms with van der Waals surface area (Å²) in [6, 6.07) is 0. The lowest BCUT2D eigenvalue weighted by Gasteiger charge is -2.19. The van der Waals surface area contributed by atoms with Crippen molar-refractivity contribution in [2.45, 2.75) is 26.4 Å². The number of aliphatic hydroxyl groups is 1. The Morgan fingerprint density at radius 2 is 2.27 bits per heavy atom. The standard InChI is InChI=1S/C8H15NO2/c1-5(2)8(11)6-3-7(10)9-4-6/h5-6,8,11H,3-4H2,1-2H3,(H,9,10)/t6-,8?/m1/s1. The Kier molecular flexibility index (Phi) is 2.49. The van der Waals surface area contributed by atoms with Gasteiger partial charge in [0, 0.05) is 18.9 Å². The van der Waals surface area contributed by atoms with E-state index in [0.29, 0.717) is 13.0 Å². The summed E-state index contributed by atoms with van der Waals surface area (Å²) in [6.07, 6.45) is 0.147. The zero-order chi connectivity index (χ0) is 8.43. The van der Waals surface area contributed by atoms with Crippen molar-refractivity contribution >= 4 is 5.91 Å². The van der Waals surface area contributed by atoms with E-state index >= 15 is 0 Å². The fraction of sp³-hybridized carbons (Fsp3) is 0.875. The summed E-state index contributed by atoms with van der Waals surface area (Å²) in [7, 11) is 0. The van der Waals surface area contributed by atoms with Crippen LogP contribution in [-0.4, -0.2) is 23.7 Å². The van der Waals surface area contributed by atoms with E-state index in [-0.39, 0.29) is 23.8 Å². The van der Waals surface area contributed by atoms with Crippen LogP contribution in [0.2, 0.25) is 0 Å². The van der Waals surface area contributed by atoms with Crippen molar-refractivity contribution in [3.63, 3.8) is 0 Å². The van der Waals surface area contributed by atoms with Crippen LogP contribution in [-0.2, 0) is 4.79 Å². The fourth-order valence-electron chi connectivity index (χ4n) is 1.41. The molecular weight excluding hydrogens is 142 g/mol. The van der Waals surface area contributed by atoms with Crippen LogP contribution in [0.1, 0.15) is 20.3 Å². The van der Waals surface area contributed by atoms with Crippen molar-refractivity contribution in [3.8, 4) is 0 Å². The summed E-state index contributed by atoms with van der Waals surface area (Å²) in [5.74, 6) is 0.435. The molecule has 1 aliphatic heterocycles. The first kappa shape index (κ1) is 8.53. The van der Waals surface area contributed by atoms with Gasteiger partial charge in [-0.25, -0.2) is 0 Å². The lowest BCUT2D eigenvalue weighted by molar-refractivity contribution is -0.119. The van der Waals surface area contributed by atoms with Crippen molar-refractivity contribution in [1.29, 1.82) is 0 Å². The summed E-state index contributed by atoms with van der Waals surface area (Å²) >= 11 is 0. The van der Waals surface area contributed by atoms with E-state index in [1.54, 1.807) is 0 Å². The van der Waals surface area contributed by atoms with E-state index in [1.165, 1.54) is 0 Å². The Hall–Kier alpha value is -0.570. The third-order valence-electron chi connectivity index (χ3n) is 2.18. The van der Waals surface area contributed by atoms with Crippen LogP contribution in [0.4, 0.5) is 0 Å². The van der Waals surface area contributed by atoms with Gasteiger partial charge in [-0.1, -0.05) is 13.8 Å². The molecule has 0 bridgehead atoms. The molecule has 1 fully saturated rings. The molecule has 0 saturated carbocycles. The second-order valence-corrected chi connectivity index (χ2v) is 3.50. The van der Waals surface area contributed by atoms with E-state index in [4.69, 9.17) is 0 Å². The number of carbonyl (C=O) groups is 1. The van der Waals surface area contributed by atoms with Crippen LogP contribution in [0.5, 0.6) is 0 Å². The van der Waals surface area contributed by atoms with Gasteiger partial charge in [-0.3, -0.25) is 4.79 Å². The molecule has 0 aromatic carbocycles. The Morgan fingerprint density at radius 1 is 1.64 bits per heavy atom. The molecular formula is C8H15NO2. The van der Waals surface area contributed by atoms with Crippen molar-refractivity contribution in [3.05, 3.63) is 0 Å². The van der Waals surface area contributed by atoms with Gasteiger partial charge in [0.1, 0.15) is 0 Å². The van der Waals surface area contributed by atoms with Gasteiger partial charge in [0.25, 0.3) is 0 Å². The Labute approximate surface area is 66.8 Å². The van der Waals surface area contributed by atoms with E-state index in [0.717, 1.165) is 0 Å². The van der Waals surface area contributed by atoms with Gasteiger partial charge in [0.05, 0.1) is 6.10 Å². The second kappa shape index (κ2) is 3.22. The van der Waals surface area contributed by atoms with E-state index in [9.17, 15) is 9.90 Å². The number of rotatable bonds is 2. The van der Waals surface area contributed by atoms with Gasteiger partial charge in [0.2, 0.25) is 5.91 Å². The predicted molar refractivity (Wildman–Crippen MR) is 42.0 cm³/mol. The lowest BCUT2D eigenvalue weighted by atomic mass is 9.93. The third kappa shape index (κ3) is 1.93. The molecule has 2 N–H and O–H groups in total. The highest BCUT2D eigenvalue weighted by atomic mass is 16.3. The zero-order valence-electron chi connectivity index (χ0n) is 7.00. The normalized spacial score (nSPS) is 27.3. The molecule has 11 heavy (non-hydrogen) atoms. The molecule has 1 saturated heterocycles. The van der Waals surface area contributed by atoms with Crippen molar-refractivity contribution < 1.29 is 9.90 Å². The topological polar surface area (TPSA) is 49.3 Å². The Bertz CT molecular complexity index is 156. The summed E-state index contributed by atoms with van der Waals surface area (Å²) < 4.78 is 0. The van der Waals surface area contributed by atoms with Gasteiger partial charge in [-0.05, 0) is 5.92 Å². The SMILES string of the molecule is CC(C)C(O)[C@H]1CNC(=O)C1. The molecule has 1 aliphatic rings.